The van der Waals surface area contributed by atoms with Gasteiger partial charge in [0.15, 0.2) is 0 Å². The summed E-state index contributed by atoms with van der Waals surface area (Å²) in [5.41, 5.74) is 0.359. The molecule has 15 heavy (non-hydrogen) atoms. The van der Waals surface area contributed by atoms with Crippen molar-refractivity contribution in [3.63, 3.8) is 0 Å². The van der Waals surface area contributed by atoms with E-state index in [1.807, 2.05) is 0 Å². The van der Waals surface area contributed by atoms with Gasteiger partial charge in [0.2, 0.25) is 5.24 Å². The van der Waals surface area contributed by atoms with Crippen LogP contribution in [0, 0.1) is 11.3 Å². The maximum absolute atomic E-state index is 10.6. The van der Waals surface area contributed by atoms with Gasteiger partial charge in [-0.3, -0.25) is 4.79 Å². The molecule has 1 aliphatic rings. The Morgan fingerprint density at radius 1 is 1.60 bits per heavy atom. The molecule has 0 heterocycles. The summed E-state index contributed by atoms with van der Waals surface area (Å²) in [7, 11) is 0. The van der Waals surface area contributed by atoms with Gasteiger partial charge in [0, 0.05) is 0 Å². The fourth-order valence-corrected chi connectivity index (χ4v) is 2.37. The topological polar surface area (TPSA) is 26.3 Å². The first-order chi connectivity index (χ1) is 6.94. The van der Waals surface area contributed by atoms with E-state index >= 15 is 0 Å². The molecule has 0 bridgehead atoms. The highest BCUT2D eigenvalue weighted by atomic mass is 35.5. The molecule has 1 aliphatic carbocycles. The van der Waals surface area contributed by atoms with Crippen LogP contribution in [0.3, 0.4) is 0 Å². The van der Waals surface area contributed by atoms with Crippen molar-refractivity contribution in [2.45, 2.75) is 52.6 Å². The number of carbonyl (C=O) groups excluding carboxylic acids is 1. The zero-order valence-corrected chi connectivity index (χ0v) is 10.6. The lowest BCUT2D eigenvalue weighted by molar-refractivity contribution is -0.120. The van der Waals surface area contributed by atoms with Gasteiger partial charge < -0.3 is 4.74 Å². The van der Waals surface area contributed by atoms with Crippen molar-refractivity contribution in [1.29, 1.82) is 0 Å². The minimum Gasteiger partial charge on any atom is -0.369 e. The number of hydrogen-bond acceptors (Lipinski definition) is 2. The van der Waals surface area contributed by atoms with Gasteiger partial charge in [0.05, 0.1) is 6.10 Å². The Bertz CT molecular complexity index is 228. The molecule has 2 atom stereocenters. The van der Waals surface area contributed by atoms with Gasteiger partial charge in [-0.15, -0.1) is 0 Å². The van der Waals surface area contributed by atoms with Crippen molar-refractivity contribution in [2.75, 3.05) is 6.61 Å². The number of halogens is 1. The summed E-state index contributed by atoms with van der Waals surface area (Å²) in [5, 5.41) is -0.396. The second-order valence-corrected chi connectivity index (χ2v) is 5.61. The second kappa shape index (κ2) is 5.31. The summed E-state index contributed by atoms with van der Waals surface area (Å²) >= 11 is 5.27. The summed E-state index contributed by atoms with van der Waals surface area (Å²) < 4.78 is 5.51. The normalized spacial score (nSPS) is 31.9. The highest BCUT2D eigenvalue weighted by Gasteiger charge is 2.35. The Kier molecular flexibility index (Phi) is 4.60. The van der Waals surface area contributed by atoms with E-state index in [2.05, 4.69) is 20.8 Å². The summed E-state index contributed by atoms with van der Waals surface area (Å²) in [5.74, 6) is 0.663. The summed E-state index contributed by atoms with van der Waals surface area (Å²) in [6.45, 7) is 6.89. The van der Waals surface area contributed by atoms with Crippen molar-refractivity contribution in [3.05, 3.63) is 0 Å². The molecule has 0 N–H and O–H groups in total. The van der Waals surface area contributed by atoms with E-state index in [4.69, 9.17) is 16.3 Å². The van der Waals surface area contributed by atoms with Crippen LogP contribution in [0.15, 0.2) is 0 Å². The van der Waals surface area contributed by atoms with Crippen LogP contribution in [0.2, 0.25) is 0 Å². The Balaban J connectivity index is 2.45. The Labute approximate surface area is 97.3 Å². The maximum atomic E-state index is 10.6. The predicted molar refractivity (Wildman–Crippen MR) is 62.0 cm³/mol. The van der Waals surface area contributed by atoms with Gasteiger partial charge in [-0.05, 0) is 42.2 Å². The molecule has 88 valence electrons. The third kappa shape index (κ3) is 3.76. The minimum absolute atomic E-state index is 0.0559. The molecule has 0 amide bonds. The molecule has 0 aromatic rings. The monoisotopic (exact) mass is 232 g/mol. The fourth-order valence-electron chi connectivity index (χ4n) is 2.31. The zero-order valence-electron chi connectivity index (χ0n) is 9.88. The lowest BCUT2D eigenvalue weighted by atomic mass is 9.67. The molecule has 0 aromatic heterocycles. The lowest BCUT2D eigenvalue weighted by Crippen LogP contribution is -2.35. The first-order valence-electron chi connectivity index (χ1n) is 5.74. The minimum atomic E-state index is -0.396. The highest BCUT2D eigenvalue weighted by Crippen LogP contribution is 2.42. The van der Waals surface area contributed by atoms with E-state index < -0.39 is 5.24 Å². The first-order valence-corrected chi connectivity index (χ1v) is 6.12. The maximum Gasteiger partial charge on any atom is 0.247 e. The molecule has 2 unspecified atom stereocenters. The van der Waals surface area contributed by atoms with Crippen LogP contribution in [0.5, 0.6) is 0 Å². The second-order valence-electron chi connectivity index (χ2n) is 5.19. The number of hydrogen-bond donors (Lipinski definition) is 0. The van der Waals surface area contributed by atoms with Crippen molar-refractivity contribution in [2.24, 2.45) is 11.3 Å². The molecule has 2 nitrogen and oxygen atoms in total. The molecule has 0 saturated heterocycles. The van der Waals surface area contributed by atoms with Crippen LogP contribution in [-0.2, 0) is 9.53 Å². The van der Waals surface area contributed by atoms with Gasteiger partial charge in [-0.25, -0.2) is 0 Å². The average Bonchev–Trinajstić information content (AvgIpc) is 2.15. The molecule has 0 aliphatic heterocycles. The van der Waals surface area contributed by atoms with Crippen LogP contribution in [0.1, 0.15) is 46.5 Å². The smallest absolute Gasteiger partial charge is 0.247 e. The van der Waals surface area contributed by atoms with Crippen molar-refractivity contribution in [1.82, 2.24) is 0 Å². The quantitative estimate of drug-likeness (QED) is 0.695. The van der Waals surface area contributed by atoms with Gasteiger partial charge in [0.1, 0.15) is 6.61 Å². The summed E-state index contributed by atoms with van der Waals surface area (Å²) in [4.78, 5) is 10.6. The van der Waals surface area contributed by atoms with E-state index in [1.54, 1.807) is 0 Å². The van der Waals surface area contributed by atoms with E-state index in [-0.39, 0.29) is 12.7 Å². The third-order valence-corrected chi connectivity index (χ3v) is 3.90. The highest BCUT2D eigenvalue weighted by molar-refractivity contribution is 6.63. The molecule has 1 rings (SSSR count). The number of ether oxygens (including phenoxy) is 1. The van der Waals surface area contributed by atoms with Crippen molar-refractivity contribution < 1.29 is 9.53 Å². The first kappa shape index (κ1) is 13.0. The average molecular weight is 233 g/mol. The molecule has 1 saturated carbocycles. The molecular formula is C12H21ClO2. The van der Waals surface area contributed by atoms with Crippen LogP contribution in [-0.4, -0.2) is 18.0 Å². The van der Waals surface area contributed by atoms with Gasteiger partial charge >= 0.3 is 0 Å². The van der Waals surface area contributed by atoms with Crippen LogP contribution >= 0.6 is 11.6 Å². The Morgan fingerprint density at radius 2 is 2.27 bits per heavy atom. The third-order valence-electron chi connectivity index (χ3n) is 3.79. The molecule has 0 spiro atoms. The Morgan fingerprint density at radius 3 is 2.80 bits per heavy atom. The van der Waals surface area contributed by atoms with Crippen molar-refractivity contribution >= 4 is 16.8 Å². The Hall–Kier alpha value is -0.0800. The molecule has 0 aromatic carbocycles. The van der Waals surface area contributed by atoms with Gasteiger partial charge in [-0.2, -0.15) is 0 Å². The number of carbonyl (C=O) groups is 1. The van der Waals surface area contributed by atoms with E-state index in [0.29, 0.717) is 11.3 Å². The standard InChI is InChI=1S/C12H21ClO2/c1-9(2)12(3)6-4-5-10(7-12)15-8-11(13)14/h9-10H,4-8H2,1-3H3. The predicted octanol–water partition coefficient (Wildman–Crippen LogP) is 3.37. The van der Waals surface area contributed by atoms with Crippen LogP contribution < -0.4 is 0 Å². The van der Waals surface area contributed by atoms with Crippen LogP contribution in [0.25, 0.3) is 0 Å². The molecule has 1 fully saturated rings. The summed E-state index contributed by atoms with van der Waals surface area (Å²) in [6.07, 6.45) is 4.78. The number of rotatable bonds is 4. The molecular weight excluding hydrogens is 212 g/mol. The van der Waals surface area contributed by atoms with Crippen LogP contribution in [0.4, 0.5) is 0 Å². The molecule has 0 radical (unpaired) electrons. The van der Waals surface area contributed by atoms with E-state index in [0.717, 1.165) is 12.8 Å². The largest absolute Gasteiger partial charge is 0.369 e. The van der Waals surface area contributed by atoms with Gasteiger partial charge in [-0.1, -0.05) is 27.2 Å². The lowest BCUT2D eigenvalue weighted by Gasteiger charge is -2.41. The van der Waals surface area contributed by atoms with E-state index in [1.165, 1.54) is 12.8 Å². The zero-order chi connectivity index (χ0) is 11.5. The molecule has 3 heteroatoms. The van der Waals surface area contributed by atoms with E-state index in [9.17, 15) is 4.79 Å². The fraction of sp³-hybridized carbons (Fsp3) is 0.917. The SMILES string of the molecule is CC(C)C1(C)CCCC(OCC(=O)Cl)C1. The van der Waals surface area contributed by atoms with Gasteiger partial charge in [0.25, 0.3) is 0 Å². The van der Waals surface area contributed by atoms with Crippen molar-refractivity contribution in [3.8, 4) is 0 Å². The summed E-state index contributed by atoms with van der Waals surface area (Å²) in [6, 6.07) is 0.